The first-order valence-electron chi connectivity index (χ1n) is 15.7. The molecule has 1 saturated heterocycles. The Kier molecular flexibility index (Phi) is 11.1. The standard InChI is InChI=1S/C31H57N5O4/c1-20(31(5,6)29(32)40)27(38)34-24(16-21-12-8-7-9-13-21)26(37)19-35-18-23-15-11-10-14-22(23)17-25(35)28(39)36(33)30(2,3)4/h20-26,37H,7-19,33H2,1-6H3,(H2,32,40)(H,34,38)/t20-,22-,23+,24-,25-,26+/m0/s1. The van der Waals surface area contributed by atoms with Gasteiger partial charge < -0.3 is 16.2 Å². The third kappa shape index (κ3) is 7.97. The third-order valence-corrected chi connectivity index (χ3v) is 10.4. The van der Waals surface area contributed by atoms with Gasteiger partial charge in [-0.25, -0.2) is 5.84 Å². The van der Waals surface area contributed by atoms with E-state index < -0.39 is 41.0 Å². The Labute approximate surface area is 242 Å². The normalized spacial score (nSPS) is 27.2. The van der Waals surface area contributed by atoms with Gasteiger partial charge >= 0.3 is 0 Å². The Balaban J connectivity index is 1.82. The lowest BCUT2D eigenvalue weighted by atomic mass is 9.72. The Morgan fingerprint density at radius 2 is 1.55 bits per heavy atom. The quantitative estimate of drug-likeness (QED) is 0.182. The number of nitrogens with two attached hydrogens (primary N) is 2. The van der Waals surface area contributed by atoms with Crippen LogP contribution in [0.25, 0.3) is 0 Å². The summed E-state index contributed by atoms with van der Waals surface area (Å²) in [4.78, 5) is 41.3. The number of aliphatic hydroxyl groups is 1. The van der Waals surface area contributed by atoms with Crippen LogP contribution in [0, 0.1) is 29.1 Å². The highest BCUT2D eigenvalue weighted by Crippen LogP contribution is 2.39. The molecule has 9 nitrogen and oxygen atoms in total. The van der Waals surface area contributed by atoms with Gasteiger partial charge in [0.2, 0.25) is 11.8 Å². The molecule has 3 rings (SSSR count). The maximum absolute atomic E-state index is 13.7. The number of amides is 3. The first kappa shape index (κ1) is 32.8. The highest BCUT2D eigenvalue weighted by Gasteiger charge is 2.44. The van der Waals surface area contributed by atoms with E-state index in [-0.39, 0.29) is 11.8 Å². The van der Waals surface area contributed by atoms with Gasteiger partial charge in [-0.05, 0) is 57.8 Å². The Hall–Kier alpha value is -1.71. The second-order valence-electron chi connectivity index (χ2n) is 14.6. The second-order valence-corrected chi connectivity index (χ2v) is 14.6. The zero-order valence-electron chi connectivity index (χ0n) is 26.0. The number of hydrazine groups is 1. The van der Waals surface area contributed by atoms with Crippen LogP contribution in [-0.2, 0) is 14.4 Å². The van der Waals surface area contributed by atoms with Crippen molar-refractivity contribution >= 4 is 17.7 Å². The molecule has 0 spiro atoms. The lowest BCUT2D eigenvalue weighted by molar-refractivity contribution is -0.147. The van der Waals surface area contributed by atoms with Crippen LogP contribution in [0.1, 0.15) is 112 Å². The molecule has 0 aromatic rings. The number of rotatable bonds is 10. The monoisotopic (exact) mass is 563 g/mol. The van der Waals surface area contributed by atoms with Crippen LogP contribution in [-0.4, -0.2) is 69.6 Å². The van der Waals surface area contributed by atoms with Crippen molar-refractivity contribution in [2.24, 2.45) is 40.7 Å². The fourth-order valence-corrected chi connectivity index (χ4v) is 6.96. The molecule has 2 saturated carbocycles. The van der Waals surface area contributed by atoms with E-state index in [9.17, 15) is 19.5 Å². The van der Waals surface area contributed by atoms with Crippen LogP contribution in [0.15, 0.2) is 0 Å². The molecule has 1 heterocycles. The van der Waals surface area contributed by atoms with Crippen molar-refractivity contribution in [3.05, 3.63) is 0 Å². The number of carbonyl (C=O) groups is 3. The molecule has 3 fully saturated rings. The van der Waals surface area contributed by atoms with Crippen molar-refractivity contribution in [3.8, 4) is 0 Å². The molecule has 40 heavy (non-hydrogen) atoms. The summed E-state index contributed by atoms with van der Waals surface area (Å²) in [7, 11) is 0. The van der Waals surface area contributed by atoms with E-state index in [1.165, 1.54) is 24.3 Å². The molecule has 0 aromatic heterocycles. The van der Waals surface area contributed by atoms with E-state index in [1.807, 2.05) is 20.8 Å². The van der Waals surface area contributed by atoms with E-state index in [4.69, 9.17) is 11.6 Å². The van der Waals surface area contributed by atoms with Crippen LogP contribution < -0.4 is 16.9 Å². The number of likely N-dealkylation sites (tertiary alicyclic amines) is 1. The molecule has 6 N–H and O–H groups in total. The molecule has 230 valence electrons. The number of nitrogens with zero attached hydrogens (tertiary/aromatic N) is 2. The molecule has 2 aliphatic carbocycles. The van der Waals surface area contributed by atoms with Gasteiger partial charge in [0.05, 0.1) is 29.1 Å². The highest BCUT2D eigenvalue weighted by atomic mass is 16.3. The molecule has 3 amide bonds. The van der Waals surface area contributed by atoms with Crippen molar-refractivity contribution in [1.29, 1.82) is 0 Å². The molecule has 6 atom stereocenters. The number of carbonyl (C=O) groups excluding carboxylic acids is 3. The van der Waals surface area contributed by atoms with Gasteiger partial charge in [0.15, 0.2) is 0 Å². The van der Waals surface area contributed by atoms with Crippen molar-refractivity contribution in [2.45, 2.75) is 136 Å². The summed E-state index contributed by atoms with van der Waals surface area (Å²) in [5, 5.41) is 16.2. The Morgan fingerprint density at radius 1 is 0.975 bits per heavy atom. The average molecular weight is 564 g/mol. The fraction of sp³-hybridized carbons (Fsp3) is 0.903. The minimum absolute atomic E-state index is 0.103. The van der Waals surface area contributed by atoms with Gasteiger partial charge in [-0.3, -0.25) is 24.3 Å². The summed E-state index contributed by atoms with van der Waals surface area (Å²) in [5.74, 6) is 6.22. The maximum atomic E-state index is 13.7. The lowest BCUT2D eigenvalue weighted by Gasteiger charge is -2.48. The summed E-state index contributed by atoms with van der Waals surface area (Å²) in [5.41, 5.74) is 4.08. The summed E-state index contributed by atoms with van der Waals surface area (Å²) in [6.07, 6.45) is 11.0. The van der Waals surface area contributed by atoms with Crippen molar-refractivity contribution in [3.63, 3.8) is 0 Å². The van der Waals surface area contributed by atoms with Crippen molar-refractivity contribution in [2.75, 3.05) is 13.1 Å². The second kappa shape index (κ2) is 13.5. The summed E-state index contributed by atoms with van der Waals surface area (Å²) >= 11 is 0. The van der Waals surface area contributed by atoms with E-state index >= 15 is 0 Å². The number of β-amino-alcohol motifs (C(OH)–C–C–N with tert-alkyl or cyclic N) is 1. The van der Waals surface area contributed by atoms with Crippen LogP contribution in [0.3, 0.4) is 0 Å². The van der Waals surface area contributed by atoms with Gasteiger partial charge in [0.1, 0.15) is 0 Å². The van der Waals surface area contributed by atoms with Gasteiger partial charge in [-0.15, -0.1) is 0 Å². The third-order valence-electron chi connectivity index (χ3n) is 10.4. The molecule has 9 heteroatoms. The van der Waals surface area contributed by atoms with E-state index in [1.54, 1.807) is 20.8 Å². The predicted molar refractivity (Wildman–Crippen MR) is 157 cm³/mol. The van der Waals surface area contributed by atoms with E-state index in [0.717, 1.165) is 51.5 Å². The number of primary amides is 1. The van der Waals surface area contributed by atoms with E-state index in [2.05, 4.69) is 10.2 Å². The smallest absolute Gasteiger partial charge is 0.254 e. The van der Waals surface area contributed by atoms with Gasteiger partial charge in [-0.2, -0.15) is 0 Å². The number of hydrogen-bond acceptors (Lipinski definition) is 6. The SMILES string of the molecule is C[C@@H](C(=O)N[C@@H](CC1CCCCC1)[C@H](O)CN1C[C@H]2CCCC[C@H]2C[C@H]1C(=O)N(N)C(C)(C)C)C(C)(C)C(N)=O. The Bertz CT molecular complexity index is 881. The largest absolute Gasteiger partial charge is 0.390 e. The van der Waals surface area contributed by atoms with Crippen molar-refractivity contribution in [1.82, 2.24) is 15.2 Å². The van der Waals surface area contributed by atoms with Crippen LogP contribution in [0.5, 0.6) is 0 Å². The molecular formula is C31H57N5O4. The number of nitrogens with one attached hydrogen (secondary N) is 1. The lowest BCUT2D eigenvalue weighted by Crippen LogP contribution is -2.63. The number of fused-ring (bicyclic) bond motifs is 1. The molecular weight excluding hydrogens is 506 g/mol. The molecule has 0 bridgehead atoms. The molecule has 1 aliphatic heterocycles. The number of piperidine rings is 1. The zero-order valence-corrected chi connectivity index (χ0v) is 26.0. The molecule has 0 aromatic carbocycles. The van der Waals surface area contributed by atoms with Crippen molar-refractivity contribution < 1.29 is 19.5 Å². The average Bonchev–Trinajstić information content (AvgIpc) is 2.90. The van der Waals surface area contributed by atoms with Crippen LogP contribution in [0.4, 0.5) is 0 Å². The van der Waals surface area contributed by atoms with Gasteiger partial charge in [0, 0.05) is 19.0 Å². The summed E-state index contributed by atoms with van der Waals surface area (Å²) < 4.78 is 0. The topological polar surface area (TPSA) is 142 Å². The van der Waals surface area contributed by atoms with E-state index in [0.29, 0.717) is 30.7 Å². The minimum Gasteiger partial charge on any atom is -0.390 e. The minimum atomic E-state index is -1.01. The highest BCUT2D eigenvalue weighted by molar-refractivity contribution is 5.89. The van der Waals surface area contributed by atoms with Gasteiger partial charge in [0.25, 0.3) is 5.91 Å². The number of aliphatic hydroxyl groups excluding tert-OH is 1. The maximum Gasteiger partial charge on any atom is 0.254 e. The zero-order chi connectivity index (χ0) is 29.8. The first-order chi connectivity index (χ1) is 18.6. The molecule has 0 radical (unpaired) electrons. The van der Waals surface area contributed by atoms with Gasteiger partial charge in [-0.1, -0.05) is 72.1 Å². The van der Waals surface area contributed by atoms with Crippen LogP contribution >= 0.6 is 0 Å². The molecule has 3 aliphatic rings. The number of hydrogen-bond donors (Lipinski definition) is 4. The van der Waals surface area contributed by atoms with Crippen LogP contribution in [0.2, 0.25) is 0 Å². The molecule has 0 unspecified atom stereocenters. The summed E-state index contributed by atoms with van der Waals surface area (Å²) in [6, 6.07) is -0.866. The summed E-state index contributed by atoms with van der Waals surface area (Å²) in [6.45, 7) is 11.9. The Morgan fingerprint density at radius 3 is 2.12 bits per heavy atom. The first-order valence-corrected chi connectivity index (χ1v) is 15.7. The predicted octanol–water partition coefficient (Wildman–Crippen LogP) is 3.33. The fourth-order valence-electron chi connectivity index (χ4n) is 6.96.